The number of rotatable bonds is 5. The topological polar surface area (TPSA) is 53.2 Å². The molecule has 1 saturated heterocycles. The fourth-order valence-corrected chi connectivity index (χ4v) is 4.71. The summed E-state index contributed by atoms with van der Waals surface area (Å²) >= 11 is 5.74. The molecule has 1 aliphatic carbocycles. The Bertz CT molecular complexity index is 952. The average molecular weight is 405 g/mol. The molecule has 29 heavy (non-hydrogen) atoms. The van der Waals surface area contributed by atoms with Crippen LogP contribution in [0, 0.1) is 0 Å². The van der Waals surface area contributed by atoms with Crippen molar-refractivity contribution in [2.45, 2.75) is 43.9 Å². The third-order valence-electron chi connectivity index (χ3n) is 5.76. The number of nitrogens with zero attached hydrogens (tertiary/aromatic N) is 2. The molecule has 1 saturated carbocycles. The van der Waals surface area contributed by atoms with Gasteiger partial charge in [-0.15, -0.1) is 0 Å². The zero-order valence-electron chi connectivity index (χ0n) is 16.1. The highest BCUT2D eigenvalue weighted by Crippen LogP contribution is 2.41. The number of aromatic nitrogens is 2. The van der Waals surface area contributed by atoms with Crippen LogP contribution in [-0.4, -0.2) is 21.2 Å². The van der Waals surface area contributed by atoms with E-state index in [2.05, 4.69) is 50.5 Å². The van der Waals surface area contributed by atoms with E-state index in [9.17, 15) is 0 Å². The van der Waals surface area contributed by atoms with Crippen LogP contribution in [-0.2, 0) is 0 Å². The van der Waals surface area contributed by atoms with Gasteiger partial charge >= 0.3 is 0 Å². The van der Waals surface area contributed by atoms with Gasteiger partial charge in [0.25, 0.3) is 0 Å². The maximum atomic E-state index is 6.13. The molecule has 5 rings (SSSR count). The van der Waals surface area contributed by atoms with E-state index in [4.69, 9.17) is 17.0 Å². The minimum Gasteiger partial charge on any atom is -0.490 e. The largest absolute Gasteiger partial charge is 0.490 e. The van der Waals surface area contributed by atoms with Crippen molar-refractivity contribution in [2.75, 3.05) is 4.90 Å². The molecule has 2 fully saturated rings. The van der Waals surface area contributed by atoms with Crippen LogP contribution in [0.4, 0.5) is 5.69 Å². The SMILES string of the molecule is S=C1NC(c2ccccn2)C(c2ccc[nH]2)N1c1ccc(OC2CCCC2)cc1. The molecule has 2 unspecified atom stereocenters. The van der Waals surface area contributed by atoms with Gasteiger partial charge in [-0.25, -0.2) is 0 Å². The Balaban J connectivity index is 1.45. The molecule has 0 amide bonds. The number of benzene rings is 1. The van der Waals surface area contributed by atoms with Crippen LogP contribution in [0.25, 0.3) is 0 Å². The molecule has 0 radical (unpaired) electrons. The van der Waals surface area contributed by atoms with E-state index < -0.39 is 0 Å². The number of H-pyrrole nitrogens is 1. The summed E-state index contributed by atoms with van der Waals surface area (Å²) in [5, 5.41) is 4.17. The lowest BCUT2D eigenvalue weighted by Crippen LogP contribution is -2.29. The number of ether oxygens (including phenoxy) is 1. The molecule has 0 spiro atoms. The van der Waals surface area contributed by atoms with Crippen molar-refractivity contribution in [3.05, 3.63) is 78.4 Å². The fraction of sp³-hybridized carbons (Fsp3) is 0.304. The van der Waals surface area contributed by atoms with E-state index in [1.165, 1.54) is 12.8 Å². The molecule has 5 nitrogen and oxygen atoms in total. The Labute approximate surface area is 176 Å². The lowest BCUT2D eigenvalue weighted by molar-refractivity contribution is 0.210. The second-order valence-corrected chi connectivity index (χ2v) is 8.03. The third-order valence-corrected chi connectivity index (χ3v) is 6.07. The average Bonchev–Trinajstić information content (AvgIpc) is 3.50. The van der Waals surface area contributed by atoms with Crippen LogP contribution in [0.3, 0.4) is 0 Å². The second kappa shape index (κ2) is 7.87. The highest BCUT2D eigenvalue weighted by Gasteiger charge is 2.41. The Morgan fingerprint density at radius 2 is 1.83 bits per heavy atom. The van der Waals surface area contributed by atoms with Gasteiger partial charge in [-0.1, -0.05) is 6.07 Å². The van der Waals surface area contributed by atoms with Gasteiger partial charge < -0.3 is 19.9 Å². The first-order chi connectivity index (χ1) is 14.3. The van der Waals surface area contributed by atoms with Gasteiger partial charge in [0, 0.05) is 23.8 Å². The summed E-state index contributed by atoms with van der Waals surface area (Å²) in [7, 11) is 0. The molecule has 1 aliphatic heterocycles. The molecule has 2 aromatic heterocycles. The molecule has 3 heterocycles. The van der Waals surface area contributed by atoms with Crippen molar-refractivity contribution >= 4 is 23.0 Å². The smallest absolute Gasteiger partial charge is 0.174 e. The number of aromatic amines is 1. The number of thiocarbonyl (C=S) groups is 1. The van der Waals surface area contributed by atoms with E-state index in [0.717, 1.165) is 35.7 Å². The Morgan fingerprint density at radius 3 is 2.52 bits per heavy atom. The zero-order chi connectivity index (χ0) is 19.6. The van der Waals surface area contributed by atoms with Crippen LogP contribution in [0.5, 0.6) is 5.75 Å². The first kappa shape index (κ1) is 18.2. The number of pyridine rings is 1. The number of hydrogen-bond acceptors (Lipinski definition) is 3. The minimum atomic E-state index is -0.0308. The molecular weight excluding hydrogens is 380 g/mol. The van der Waals surface area contributed by atoms with Crippen molar-refractivity contribution in [3.63, 3.8) is 0 Å². The van der Waals surface area contributed by atoms with E-state index in [1.807, 2.05) is 36.7 Å². The molecule has 3 aromatic rings. The van der Waals surface area contributed by atoms with Crippen molar-refractivity contribution < 1.29 is 4.74 Å². The lowest BCUT2D eigenvalue weighted by atomic mass is 10.0. The number of anilines is 1. The van der Waals surface area contributed by atoms with Crippen LogP contribution in [0.2, 0.25) is 0 Å². The maximum absolute atomic E-state index is 6.13. The van der Waals surface area contributed by atoms with Crippen LogP contribution in [0.1, 0.15) is 49.2 Å². The van der Waals surface area contributed by atoms with Crippen LogP contribution in [0.15, 0.2) is 67.0 Å². The summed E-state index contributed by atoms with van der Waals surface area (Å²) in [5.74, 6) is 0.927. The first-order valence-electron chi connectivity index (χ1n) is 10.2. The zero-order valence-corrected chi connectivity index (χ0v) is 16.9. The summed E-state index contributed by atoms with van der Waals surface area (Å²) in [6, 6.07) is 18.3. The predicted molar refractivity (Wildman–Crippen MR) is 118 cm³/mol. The van der Waals surface area contributed by atoms with Crippen LogP contribution >= 0.6 is 12.2 Å². The van der Waals surface area contributed by atoms with Crippen LogP contribution < -0.4 is 15.0 Å². The van der Waals surface area contributed by atoms with Gasteiger partial charge in [0.15, 0.2) is 5.11 Å². The van der Waals surface area contributed by atoms with Crippen molar-refractivity contribution in [2.24, 2.45) is 0 Å². The van der Waals surface area contributed by atoms with Crippen molar-refractivity contribution in [3.8, 4) is 5.75 Å². The summed E-state index contributed by atoms with van der Waals surface area (Å²) < 4.78 is 6.13. The quantitative estimate of drug-likeness (QED) is 0.592. The highest BCUT2D eigenvalue weighted by atomic mass is 32.1. The molecule has 148 valence electrons. The maximum Gasteiger partial charge on any atom is 0.174 e. The summed E-state index contributed by atoms with van der Waals surface area (Å²) in [6.45, 7) is 0. The van der Waals surface area contributed by atoms with Gasteiger partial charge in [0.05, 0.1) is 17.8 Å². The standard InChI is InChI=1S/C23H24N4OS/c29-23-26-21(19-8-3-4-14-24-19)22(20-9-5-15-25-20)27(23)16-10-12-18(13-11-16)28-17-6-1-2-7-17/h3-5,8-15,17,21-22,25H,1-2,6-7H2,(H,26,29). The summed E-state index contributed by atoms with van der Waals surface area (Å²) in [6.07, 6.45) is 8.97. The number of hydrogen-bond donors (Lipinski definition) is 2. The van der Waals surface area contributed by atoms with Gasteiger partial charge in [-0.2, -0.15) is 0 Å². The van der Waals surface area contributed by atoms with E-state index in [-0.39, 0.29) is 12.1 Å². The van der Waals surface area contributed by atoms with Gasteiger partial charge in [0.2, 0.25) is 0 Å². The molecular formula is C23H24N4OS. The molecule has 0 bridgehead atoms. The van der Waals surface area contributed by atoms with Crippen molar-refractivity contribution in [1.29, 1.82) is 0 Å². The van der Waals surface area contributed by atoms with Gasteiger partial charge in [0.1, 0.15) is 11.8 Å². The van der Waals surface area contributed by atoms with E-state index in [1.54, 1.807) is 0 Å². The molecule has 2 N–H and O–H groups in total. The normalized spacial score (nSPS) is 22.1. The summed E-state index contributed by atoms with van der Waals surface area (Å²) in [5.41, 5.74) is 3.11. The van der Waals surface area contributed by atoms with E-state index >= 15 is 0 Å². The van der Waals surface area contributed by atoms with Crippen molar-refractivity contribution in [1.82, 2.24) is 15.3 Å². The van der Waals surface area contributed by atoms with Gasteiger partial charge in [-0.3, -0.25) is 4.98 Å². The Hall–Kier alpha value is -2.86. The Kier molecular flexibility index (Phi) is 4.94. The third kappa shape index (κ3) is 3.60. The minimum absolute atomic E-state index is 0.00556. The first-order valence-corrected chi connectivity index (χ1v) is 10.6. The lowest BCUT2D eigenvalue weighted by Gasteiger charge is -2.27. The number of nitrogens with one attached hydrogen (secondary N) is 2. The fourth-order valence-electron chi connectivity index (χ4n) is 4.36. The summed E-state index contributed by atoms with van der Waals surface area (Å²) in [4.78, 5) is 10.1. The molecule has 6 heteroatoms. The second-order valence-electron chi connectivity index (χ2n) is 7.64. The Morgan fingerprint density at radius 1 is 1.00 bits per heavy atom. The van der Waals surface area contributed by atoms with Gasteiger partial charge in [-0.05, 0) is 86.4 Å². The predicted octanol–water partition coefficient (Wildman–Crippen LogP) is 4.91. The molecule has 2 aliphatic rings. The monoisotopic (exact) mass is 404 g/mol. The molecule has 1 aromatic carbocycles. The molecule has 2 atom stereocenters. The van der Waals surface area contributed by atoms with E-state index in [0.29, 0.717) is 11.2 Å². The highest BCUT2D eigenvalue weighted by molar-refractivity contribution is 7.80.